The van der Waals surface area contributed by atoms with Crippen LogP contribution in [-0.4, -0.2) is 20.4 Å². The average molecular weight is 425 g/mol. The summed E-state index contributed by atoms with van der Waals surface area (Å²) in [5, 5.41) is 2.84. The zero-order valence-corrected chi connectivity index (χ0v) is 16.5. The van der Waals surface area contributed by atoms with Crippen LogP contribution < -0.4 is 10.0 Å². The maximum Gasteiger partial charge on any atom is 0.251 e. The van der Waals surface area contributed by atoms with E-state index >= 15 is 0 Å². The predicted molar refractivity (Wildman–Crippen MR) is 103 cm³/mol. The quantitative estimate of drug-likeness (QED) is 0.716. The second-order valence-corrected chi connectivity index (χ2v) is 8.71. The number of benzene rings is 2. The Balaban J connectivity index is 1.92. The third-order valence-electron chi connectivity index (χ3n) is 3.35. The van der Waals surface area contributed by atoms with Crippen molar-refractivity contribution in [2.45, 2.75) is 32.2 Å². The van der Waals surface area contributed by atoms with E-state index in [1.165, 1.54) is 0 Å². The zero-order chi connectivity index (χ0) is 18.4. The molecule has 134 valence electrons. The molecule has 0 spiro atoms. The molecule has 1 amide bonds. The lowest BCUT2D eigenvalue weighted by molar-refractivity contribution is 0.0951. The maximum atomic E-state index is 12.1. The van der Waals surface area contributed by atoms with Gasteiger partial charge in [0.25, 0.3) is 5.91 Å². The van der Waals surface area contributed by atoms with Crippen LogP contribution in [0.5, 0.6) is 0 Å². The summed E-state index contributed by atoms with van der Waals surface area (Å²) < 4.78 is 27.3. The lowest BCUT2D eigenvalue weighted by atomic mass is 10.1. The van der Waals surface area contributed by atoms with E-state index in [-0.39, 0.29) is 17.7 Å². The van der Waals surface area contributed by atoms with E-state index in [2.05, 4.69) is 26.0 Å². The molecule has 5 nitrogen and oxygen atoms in total. The van der Waals surface area contributed by atoms with Gasteiger partial charge >= 0.3 is 0 Å². The van der Waals surface area contributed by atoms with Crippen LogP contribution in [0, 0.1) is 0 Å². The monoisotopic (exact) mass is 424 g/mol. The van der Waals surface area contributed by atoms with Crippen molar-refractivity contribution in [3.05, 3.63) is 69.7 Å². The maximum absolute atomic E-state index is 12.1. The van der Waals surface area contributed by atoms with Crippen LogP contribution in [0.15, 0.2) is 53.0 Å². The summed E-state index contributed by atoms with van der Waals surface area (Å²) >= 11 is 3.33. The van der Waals surface area contributed by atoms with Crippen LogP contribution in [0.1, 0.15) is 35.3 Å². The number of carbonyl (C=O) groups is 1. The summed E-state index contributed by atoms with van der Waals surface area (Å²) in [6, 6.07) is 14.2. The van der Waals surface area contributed by atoms with Crippen molar-refractivity contribution in [3.63, 3.8) is 0 Å². The molecule has 2 N–H and O–H groups in total. The Kier molecular flexibility index (Phi) is 6.75. The van der Waals surface area contributed by atoms with Crippen molar-refractivity contribution >= 4 is 31.9 Å². The van der Waals surface area contributed by atoms with Crippen LogP contribution in [0.4, 0.5) is 0 Å². The van der Waals surface area contributed by atoms with E-state index in [0.29, 0.717) is 17.7 Å². The van der Waals surface area contributed by atoms with E-state index in [0.717, 1.165) is 10.0 Å². The molecule has 2 aromatic carbocycles. The van der Waals surface area contributed by atoms with Crippen molar-refractivity contribution in [1.82, 2.24) is 10.0 Å². The molecule has 0 bridgehead atoms. The average Bonchev–Trinajstić information content (AvgIpc) is 2.53. The van der Waals surface area contributed by atoms with Gasteiger partial charge in [-0.3, -0.25) is 4.79 Å². The van der Waals surface area contributed by atoms with Crippen molar-refractivity contribution in [1.29, 1.82) is 0 Å². The molecule has 0 saturated carbocycles. The molecule has 0 fully saturated rings. The lowest BCUT2D eigenvalue weighted by Crippen LogP contribution is -2.31. The first-order valence-corrected chi connectivity index (χ1v) is 10.3. The molecule has 0 radical (unpaired) electrons. The third kappa shape index (κ3) is 6.61. The van der Waals surface area contributed by atoms with Crippen LogP contribution in [0.25, 0.3) is 0 Å². The predicted octanol–water partition coefficient (Wildman–Crippen LogP) is 3.21. The van der Waals surface area contributed by atoms with Gasteiger partial charge in [-0.25, -0.2) is 13.1 Å². The molecule has 7 heteroatoms. The molecule has 0 atom stereocenters. The van der Waals surface area contributed by atoms with Gasteiger partial charge in [0.1, 0.15) is 0 Å². The van der Waals surface area contributed by atoms with Gasteiger partial charge < -0.3 is 5.32 Å². The van der Waals surface area contributed by atoms with Gasteiger partial charge in [0.15, 0.2) is 0 Å². The van der Waals surface area contributed by atoms with Crippen LogP contribution in [0.2, 0.25) is 0 Å². The number of rotatable bonds is 7. The lowest BCUT2D eigenvalue weighted by Gasteiger charge is -2.10. The van der Waals surface area contributed by atoms with Gasteiger partial charge in [-0.2, -0.15) is 0 Å². The first kappa shape index (κ1) is 19.6. The normalized spacial score (nSPS) is 11.5. The zero-order valence-electron chi connectivity index (χ0n) is 14.1. The Hall–Kier alpha value is -1.70. The van der Waals surface area contributed by atoms with Gasteiger partial charge in [0.05, 0.1) is 5.75 Å². The summed E-state index contributed by atoms with van der Waals surface area (Å²) in [5.41, 5.74) is 2.20. The topological polar surface area (TPSA) is 75.3 Å². The minimum atomic E-state index is -3.34. The van der Waals surface area contributed by atoms with Gasteiger partial charge in [-0.05, 0) is 49.2 Å². The molecule has 0 saturated heterocycles. The van der Waals surface area contributed by atoms with Crippen molar-refractivity contribution in [2.24, 2.45) is 0 Å². The number of carbonyl (C=O) groups excluding carboxylic acids is 1. The summed E-state index contributed by atoms with van der Waals surface area (Å²) in [6.07, 6.45) is 0. The summed E-state index contributed by atoms with van der Waals surface area (Å²) in [4.78, 5) is 12.1. The Morgan fingerprint density at radius 2 is 1.56 bits per heavy atom. The highest BCUT2D eigenvalue weighted by Crippen LogP contribution is 2.11. The van der Waals surface area contributed by atoms with Crippen molar-refractivity contribution < 1.29 is 13.2 Å². The van der Waals surface area contributed by atoms with E-state index in [4.69, 9.17) is 0 Å². The van der Waals surface area contributed by atoms with E-state index in [1.54, 1.807) is 38.1 Å². The number of nitrogens with one attached hydrogen (secondary N) is 2. The first-order chi connectivity index (χ1) is 11.7. The van der Waals surface area contributed by atoms with Crippen molar-refractivity contribution in [2.75, 3.05) is 0 Å². The molecular formula is C18H21BrN2O3S. The molecule has 2 rings (SSSR count). The fourth-order valence-electron chi connectivity index (χ4n) is 2.26. The largest absolute Gasteiger partial charge is 0.348 e. The van der Waals surface area contributed by atoms with Crippen LogP contribution in [-0.2, 0) is 22.3 Å². The molecule has 0 aliphatic heterocycles. The molecule has 0 unspecified atom stereocenters. The number of hydrogen-bond donors (Lipinski definition) is 2. The van der Waals surface area contributed by atoms with Crippen molar-refractivity contribution in [3.8, 4) is 0 Å². The smallest absolute Gasteiger partial charge is 0.251 e. The SMILES string of the molecule is CC(C)NS(=O)(=O)Cc1ccc(CNC(=O)c2ccc(Br)cc2)cc1. The summed E-state index contributed by atoms with van der Waals surface area (Å²) in [7, 11) is -3.34. The van der Waals surface area contributed by atoms with Gasteiger partial charge in [0, 0.05) is 22.6 Å². The molecular weight excluding hydrogens is 404 g/mol. The Morgan fingerprint density at radius 1 is 1.00 bits per heavy atom. The number of hydrogen-bond acceptors (Lipinski definition) is 3. The van der Waals surface area contributed by atoms with Crippen LogP contribution >= 0.6 is 15.9 Å². The van der Waals surface area contributed by atoms with Gasteiger partial charge in [-0.1, -0.05) is 40.2 Å². The number of sulfonamides is 1. The fourth-order valence-corrected chi connectivity index (χ4v) is 3.96. The molecule has 0 aliphatic carbocycles. The molecule has 2 aromatic rings. The number of amides is 1. The van der Waals surface area contributed by atoms with Gasteiger partial charge in [-0.15, -0.1) is 0 Å². The molecule has 0 aromatic heterocycles. The standard InChI is InChI=1S/C18H21BrN2O3S/c1-13(2)21-25(23,24)12-15-5-3-14(4-6-15)11-20-18(22)16-7-9-17(19)10-8-16/h3-10,13,21H,11-12H2,1-2H3,(H,20,22). The Labute approximate surface area is 157 Å². The van der Waals surface area contributed by atoms with E-state index in [1.807, 2.05) is 24.3 Å². The first-order valence-electron chi connectivity index (χ1n) is 7.87. The summed E-state index contributed by atoms with van der Waals surface area (Å²) in [6.45, 7) is 3.95. The molecule has 0 aliphatic rings. The Morgan fingerprint density at radius 3 is 2.12 bits per heavy atom. The number of halogens is 1. The molecule has 0 heterocycles. The molecule has 25 heavy (non-hydrogen) atoms. The minimum absolute atomic E-state index is 0.0588. The van der Waals surface area contributed by atoms with E-state index in [9.17, 15) is 13.2 Å². The second-order valence-electron chi connectivity index (χ2n) is 6.04. The van der Waals surface area contributed by atoms with Gasteiger partial charge in [0.2, 0.25) is 10.0 Å². The highest BCUT2D eigenvalue weighted by atomic mass is 79.9. The highest BCUT2D eigenvalue weighted by Gasteiger charge is 2.13. The summed E-state index contributed by atoms with van der Waals surface area (Å²) in [5.74, 6) is -0.211. The van der Waals surface area contributed by atoms with E-state index < -0.39 is 10.0 Å². The third-order valence-corrected chi connectivity index (χ3v) is 5.43. The Bertz CT molecular complexity index is 816. The van der Waals surface area contributed by atoms with Crippen LogP contribution in [0.3, 0.4) is 0 Å². The highest BCUT2D eigenvalue weighted by molar-refractivity contribution is 9.10. The second kappa shape index (κ2) is 8.60. The fraction of sp³-hybridized carbons (Fsp3) is 0.278. The minimum Gasteiger partial charge on any atom is -0.348 e.